The van der Waals surface area contributed by atoms with Crippen LogP contribution in [0.3, 0.4) is 0 Å². The Morgan fingerprint density at radius 2 is 1.57 bits per heavy atom. The number of rotatable bonds is 3. The summed E-state index contributed by atoms with van der Waals surface area (Å²) in [7, 11) is 2.13. The minimum Gasteiger partial charge on any atom is -0.368 e. The molecule has 7 nitrogen and oxygen atoms in total. The van der Waals surface area contributed by atoms with Crippen molar-refractivity contribution in [1.82, 2.24) is 19.8 Å². The lowest BCUT2D eigenvalue weighted by Crippen LogP contribution is -2.49. The lowest BCUT2D eigenvalue weighted by molar-refractivity contribution is 0.0745. The number of piperazine rings is 2. The summed E-state index contributed by atoms with van der Waals surface area (Å²) >= 11 is 0. The van der Waals surface area contributed by atoms with Crippen LogP contribution in [-0.2, 0) is 0 Å². The predicted octanol–water partition coefficient (Wildman–Crippen LogP) is 2.12. The average Bonchev–Trinajstić information content (AvgIpc) is 2.76. The van der Waals surface area contributed by atoms with Gasteiger partial charge in [0.2, 0.25) is 5.95 Å². The van der Waals surface area contributed by atoms with Gasteiger partial charge in [0.15, 0.2) is 0 Å². The minimum absolute atomic E-state index is 0.0399. The van der Waals surface area contributed by atoms with Crippen LogP contribution in [0.4, 0.5) is 11.6 Å². The molecular weight excluding hydrogens is 376 g/mol. The molecule has 2 aliphatic heterocycles. The third-order valence-electron chi connectivity index (χ3n) is 6.47. The van der Waals surface area contributed by atoms with E-state index in [1.54, 1.807) is 6.20 Å². The zero-order chi connectivity index (χ0) is 21.3. The van der Waals surface area contributed by atoms with E-state index in [1.165, 1.54) is 16.8 Å². The van der Waals surface area contributed by atoms with Crippen LogP contribution >= 0.6 is 0 Å². The summed E-state index contributed by atoms with van der Waals surface area (Å²) in [5.41, 5.74) is 5.28. The van der Waals surface area contributed by atoms with Crippen molar-refractivity contribution in [2.75, 3.05) is 69.2 Å². The van der Waals surface area contributed by atoms with E-state index in [-0.39, 0.29) is 5.91 Å². The highest BCUT2D eigenvalue weighted by Crippen LogP contribution is 2.24. The second-order valence-electron chi connectivity index (χ2n) is 8.46. The average molecular weight is 409 g/mol. The number of amides is 1. The van der Waals surface area contributed by atoms with Crippen molar-refractivity contribution in [2.24, 2.45) is 0 Å². The fourth-order valence-corrected chi connectivity index (χ4v) is 4.22. The van der Waals surface area contributed by atoms with Crippen molar-refractivity contribution in [3.05, 3.63) is 46.8 Å². The Bertz CT molecular complexity index is 914. The molecule has 2 fully saturated rings. The SMILES string of the molecule is Cc1cccc(N2CCN(C(=O)c3cnc(N4CCN(C)CC4)nc3C)CC2)c1C. The van der Waals surface area contributed by atoms with Gasteiger partial charge in [-0.3, -0.25) is 4.79 Å². The maximum Gasteiger partial charge on any atom is 0.257 e. The van der Waals surface area contributed by atoms with Gasteiger partial charge < -0.3 is 19.6 Å². The molecule has 0 unspecified atom stereocenters. The second kappa shape index (κ2) is 8.60. The fourth-order valence-electron chi connectivity index (χ4n) is 4.22. The summed E-state index contributed by atoms with van der Waals surface area (Å²) in [5, 5.41) is 0. The first-order valence-electron chi connectivity index (χ1n) is 10.8. The molecule has 1 aromatic carbocycles. The van der Waals surface area contributed by atoms with Crippen molar-refractivity contribution in [3.63, 3.8) is 0 Å². The first-order valence-corrected chi connectivity index (χ1v) is 10.8. The van der Waals surface area contributed by atoms with E-state index in [0.717, 1.165) is 50.9 Å². The van der Waals surface area contributed by atoms with Crippen molar-refractivity contribution in [2.45, 2.75) is 20.8 Å². The Morgan fingerprint density at radius 1 is 0.900 bits per heavy atom. The van der Waals surface area contributed by atoms with E-state index < -0.39 is 0 Å². The molecule has 4 rings (SSSR count). The van der Waals surface area contributed by atoms with E-state index >= 15 is 0 Å². The number of carbonyl (C=O) groups excluding carboxylic acids is 1. The standard InChI is InChI=1S/C23H32N6O/c1-17-6-5-7-21(18(17)2)27-12-14-28(15-13-27)22(30)20-16-24-23(25-19(20)3)29-10-8-26(4)9-11-29/h5-7,16H,8-15H2,1-4H3. The molecule has 30 heavy (non-hydrogen) atoms. The molecule has 0 aliphatic carbocycles. The van der Waals surface area contributed by atoms with Crippen molar-refractivity contribution >= 4 is 17.5 Å². The van der Waals surface area contributed by atoms with Gasteiger partial charge in [-0.25, -0.2) is 9.97 Å². The second-order valence-corrected chi connectivity index (χ2v) is 8.46. The number of hydrogen-bond donors (Lipinski definition) is 0. The number of carbonyl (C=O) groups is 1. The van der Waals surface area contributed by atoms with Gasteiger partial charge in [0, 0.05) is 64.2 Å². The topological polar surface area (TPSA) is 55.8 Å². The lowest BCUT2D eigenvalue weighted by Gasteiger charge is -2.37. The first kappa shape index (κ1) is 20.6. The smallest absolute Gasteiger partial charge is 0.257 e. The Morgan fingerprint density at radius 3 is 2.23 bits per heavy atom. The van der Waals surface area contributed by atoms with Crippen LogP contribution in [0.5, 0.6) is 0 Å². The maximum atomic E-state index is 13.1. The molecule has 1 amide bonds. The van der Waals surface area contributed by atoms with Crippen LogP contribution in [0.25, 0.3) is 0 Å². The molecule has 0 saturated carbocycles. The molecule has 0 N–H and O–H groups in total. The van der Waals surface area contributed by atoms with Crippen LogP contribution in [0.1, 0.15) is 27.2 Å². The molecular formula is C23H32N6O. The highest BCUT2D eigenvalue weighted by molar-refractivity contribution is 5.95. The number of nitrogens with zero attached hydrogens (tertiary/aromatic N) is 6. The first-order chi connectivity index (χ1) is 14.4. The quantitative estimate of drug-likeness (QED) is 0.776. The van der Waals surface area contributed by atoms with Crippen LogP contribution in [0, 0.1) is 20.8 Å². The summed E-state index contributed by atoms with van der Waals surface area (Å²) in [6.07, 6.45) is 1.72. The summed E-state index contributed by atoms with van der Waals surface area (Å²) < 4.78 is 0. The van der Waals surface area contributed by atoms with Crippen LogP contribution < -0.4 is 9.80 Å². The van der Waals surface area contributed by atoms with Crippen molar-refractivity contribution in [1.29, 1.82) is 0 Å². The Balaban J connectivity index is 1.41. The summed E-state index contributed by atoms with van der Waals surface area (Å²) in [6, 6.07) is 6.43. The number of likely N-dealkylation sites (N-methyl/N-ethyl adjacent to an activating group) is 1. The number of aromatic nitrogens is 2. The van der Waals surface area contributed by atoms with Crippen LogP contribution in [0.15, 0.2) is 24.4 Å². The van der Waals surface area contributed by atoms with Crippen LogP contribution in [0.2, 0.25) is 0 Å². The molecule has 7 heteroatoms. The molecule has 3 heterocycles. The summed E-state index contributed by atoms with van der Waals surface area (Å²) in [5.74, 6) is 0.773. The maximum absolute atomic E-state index is 13.1. The van der Waals surface area contributed by atoms with Crippen LogP contribution in [-0.4, -0.2) is 85.1 Å². The minimum atomic E-state index is 0.0399. The number of hydrogen-bond acceptors (Lipinski definition) is 6. The highest BCUT2D eigenvalue weighted by atomic mass is 16.2. The van der Waals surface area contributed by atoms with Crippen molar-refractivity contribution in [3.8, 4) is 0 Å². The fraction of sp³-hybridized carbons (Fsp3) is 0.522. The summed E-state index contributed by atoms with van der Waals surface area (Å²) in [6.45, 7) is 13.2. The van der Waals surface area contributed by atoms with Crippen molar-refractivity contribution < 1.29 is 4.79 Å². The largest absolute Gasteiger partial charge is 0.368 e. The molecule has 0 spiro atoms. The molecule has 0 bridgehead atoms. The number of aryl methyl sites for hydroxylation is 2. The van der Waals surface area contributed by atoms with Gasteiger partial charge in [0.1, 0.15) is 0 Å². The number of anilines is 2. The van der Waals surface area contributed by atoms with Gasteiger partial charge in [-0.1, -0.05) is 12.1 Å². The third-order valence-corrected chi connectivity index (χ3v) is 6.47. The lowest BCUT2D eigenvalue weighted by atomic mass is 10.1. The molecule has 0 atom stereocenters. The van der Waals surface area contributed by atoms with E-state index in [2.05, 4.69) is 63.8 Å². The Labute approximate surface area is 179 Å². The Hall–Kier alpha value is -2.67. The van der Waals surface area contributed by atoms with Gasteiger partial charge in [0.25, 0.3) is 5.91 Å². The van der Waals surface area contributed by atoms with Gasteiger partial charge in [-0.2, -0.15) is 0 Å². The molecule has 2 saturated heterocycles. The van der Waals surface area contributed by atoms with E-state index in [1.807, 2.05) is 11.8 Å². The molecule has 2 aromatic rings. The Kier molecular flexibility index (Phi) is 5.90. The van der Waals surface area contributed by atoms with Gasteiger partial charge in [0.05, 0.1) is 11.3 Å². The normalized spacial score (nSPS) is 18.1. The third kappa shape index (κ3) is 4.12. The molecule has 160 valence electrons. The van der Waals surface area contributed by atoms with E-state index in [0.29, 0.717) is 18.7 Å². The predicted molar refractivity (Wildman–Crippen MR) is 121 cm³/mol. The molecule has 1 aromatic heterocycles. The monoisotopic (exact) mass is 408 g/mol. The summed E-state index contributed by atoms with van der Waals surface area (Å²) in [4.78, 5) is 31.1. The molecule has 0 radical (unpaired) electrons. The van der Waals surface area contributed by atoms with Gasteiger partial charge in [-0.05, 0) is 45.0 Å². The molecule has 2 aliphatic rings. The number of benzene rings is 1. The highest BCUT2D eigenvalue weighted by Gasteiger charge is 2.25. The van der Waals surface area contributed by atoms with E-state index in [9.17, 15) is 4.79 Å². The van der Waals surface area contributed by atoms with E-state index in [4.69, 9.17) is 0 Å². The zero-order valence-corrected chi connectivity index (χ0v) is 18.6. The van der Waals surface area contributed by atoms with Gasteiger partial charge >= 0.3 is 0 Å². The zero-order valence-electron chi connectivity index (χ0n) is 18.6. The van der Waals surface area contributed by atoms with Gasteiger partial charge in [-0.15, -0.1) is 0 Å².